The number of hydrogen-bond acceptors (Lipinski definition) is 1. The molecule has 5 aliphatic rings. The summed E-state index contributed by atoms with van der Waals surface area (Å²) < 4.78 is 5.80. The minimum absolute atomic E-state index is 0.737. The second-order valence-electron chi connectivity index (χ2n) is 6.51. The first-order chi connectivity index (χ1) is 6.93. The Labute approximate surface area is 85.2 Å². The molecular weight excluding hydrogens is 172 g/mol. The second-order valence-corrected chi connectivity index (χ2v) is 6.51. The third-order valence-electron chi connectivity index (χ3n) is 6.46. The number of fused-ring (bicyclic) bond motifs is 12. The molecule has 4 aliphatic carbocycles. The summed E-state index contributed by atoms with van der Waals surface area (Å²) >= 11 is 0. The lowest BCUT2D eigenvalue weighted by atomic mass is 9.65. The van der Waals surface area contributed by atoms with Crippen molar-refractivity contribution in [1.29, 1.82) is 0 Å². The molecule has 0 N–H and O–H groups in total. The van der Waals surface area contributed by atoms with Gasteiger partial charge in [0.15, 0.2) is 0 Å². The number of rotatable bonds is 0. The van der Waals surface area contributed by atoms with Gasteiger partial charge in [-0.15, -0.1) is 0 Å². The first-order valence-corrected chi connectivity index (χ1v) is 6.55. The molecular formula is C13H18O. The molecule has 76 valence electrons. The van der Waals surface area contributed by atoms with Gasteiger partial charge in [-0.3, -0.25) is 0 Å². The van der Waals surface area contributed by atoms with E-state index in [1.807, 2.05) is 0 Å². The fraction of sp³-hybridized carbons (Fsp3) is 1.00. The van der Waals surface area contributed by atoms with Crippen molar-refractivity contribution < 1.29 is 4.74 Å². The van der Waals surface area contributed by atoms with Gasteiger partial charge in [-0.2, -0.15) is 0 Å². The van der Waals surface area contributed by atoms with E-state index in [2.05, 4.69) is 0 Å². The third-order valence-corrected chi connectivity index (χ3v) is 6.46. The molecule has 8 unspecified atom stereocenters. The zero-order chi connectivity index (χ0) is 8.86. The van der Waals surface area contributed by atoms with Gasteiger partial charge in [0.25, 0.3) is 0 Å². The van der Waals surface area contributed by atoms with Gasteiger partial charge in [0.2, 0.25) is 0 Å². The summed E-state index contributed by atoms with van der Waals surface area (Å²) in [7, 11) is 0. The standard InChI is InChI=1S/C13H18O/c1-2-7-3-6(1)11-8-4-9(12(7)11)13-10(8)5-14-13/h6-13H,1-5H2. The predicted molar refractivity (Wildman–Crippen MR) is 52.6 cm³/mol. The lowest BCUT2D eigenvalue weighted by molar-refractivity contribution is -0.170. The van der Waals surface area contributed by atoms with Gasteiger partial charge in [0, 0.05) is 5.92 Å². The summed E-state index contributed by atoms with van der Waals surface area (Å²) in [4.78, 5) is 0. The molecule has 0 aromatic carbocycles. The van der Waals surface area contributed by atoms with Crippen LogP contribution in [0.3, 0.4) is 0 Å². The zero-order valence-corrected chi connectivity index (χ0v) is 8.56. The highest BCUT2D eigenvalue weighted by molar-refractivity contribution is 5.16. The third kappa shape index (κ3) is 0.576. The highest BCUT2D eigenvalue weighted by atomic mass is 16.5. The van der Waals surface area contributed by atoms with Crippen LogP contribution >= 0.6 is 0 Å². The highest BCUT2D eigenvalue weighted by Gasteiger charge is 2.68. The van der Waals surface area contributed by atoms with Crippen LogP contribution in [0, 0.1) is 41.4 Å². The van der Waals surface area contributed by atoms with Crippen LogP contribution in [0.4, 0.5) is 0 Å². The van der Waals surface area contributed by atoms with Crippen molar-refractivity contribution in [2.24, 2.45) is 41.4 Å². The molecule has 0 aromatic rings. The molecule has 5 rings (SSSR count). The predicted octanol–water partition coefficient (Wildman–Crippen LogP) is 2.31. The average molecular weight is 190 g/mol. The van der Waals surface area contributed by atoms with Crippen molar-refractivity contribution in [2.75, 3.05) is 6.61 Å². The Morgan fingerprint density at radius 3 is 2.29 bits per heavy atom. The van der Waals surface area contributed by atoms with Crippen molar-refractivity contribution in [2.45, 2.75) is 31.8 Å². The molecule has 0 spiro atoms. The van der Waals surface area contributed by atoms with E-state index in [0.717, 1.165) is 48.2 Å². The molecule has 0 amide bonds. The van der Waals surface area contributed by atoms with Crippen LogP contribution < -0.4 is 0 Å². The van der Waals surface area contributed by atoms with Gasteiger partial charge in [0.1, 0.15) is 0 Å². The number of ether oxygens (including phenoxy) is 1. The van der Waals surface area contributed by atoms with Gasteiger partial charge in [-0.25, -0.2) is 0 Å². The van der Waals surface area contributed by atoms with E-state index in [1.54, 1.807) is 25.7 Å². The van der Waals surface area contributed by atoms with Gasteiger partial charge >= 0.3 is 0 Å². The topological polar surface area (TPSA) is 9.23 Å². The van der Waals surface area contributed by atoms with Gasteiger partial charge in [-0.1, -0.05) is 0 Å². The molecule has 0 aromatic heterocycles. The summed E-state index contributed by atoms with van der Waals surface area (Å²) in [6.07, 6.45) is 7.03. The SMILES string of the molecule is C1CC2CC1C1C3CC(C4OCC34)C21. The molecule has 1 heterocycles. The van der Waals surface area contributed by atoms with Crippen molar-refractivity contribution in [3.8, 4) is 0 Å². The molecule has 1 nitrogen and oxygen atoms in total. The van der Waals surface area contributed by atoms with E-state index in [4.69, 9.17) is 4.74 Å². The van der Waals surface area contributed by atoms with Gasteiger partial charge in [0.05, 0.1) is 12.7 Å². The zero-order valence-electron chi connectivity index (χ0n) is 8.56. The normalized spacial score (nSPS) is 72.0. The van der Waals surface area contributed by atoms with Crippen LogP contribution in [0.2, 0.25) is 0 Å². The lowest BCUT2D eigenvalue weighted by Gasteiger charge is -2.48. The summed E-state index contributed by atoms with van der Waals surface area (Å²) in [6, 6.07) is 0. The molecule has 1 aliphatic heterocycles. The maximum Gasteiger partial charge on any atom is 0.0659 e. The maximum atomic E-state index is 5.80. The Balaban J connectivity index is 1.61. The van der Waals surface area contributed by atoms with Gasteiger partial charge in [-0.05, 0) is 61.2 Å². The first-order valence-electron chi connectivity index (χ1n) is 6.55. The number of hydrogen-bond donors (Lipinski definition) is 0. The van der Waals surface area contributed by atoms with Crippen molar-refractivity contribution in [1.82, 2.24) is 0 Å². The molecule has 8 atom stereocenters. The van der Waals surface area contributed by atoms with Gasteiger partial charge < -0.3 is 4.74 Å². The van der Waals surface area contributed by atoms with Crippen molar-refractivity contribution in [3.05, 3.63) is 0 Å². The van der Waals surface area contributed by atoms with E-state index >= 15 is 0 Å². The molecule has 1 heteroatoms. The Bertz CT molecular complexity index is 272. The highest BCUT2D eigenvalue weighted by Crippen LogP contribution is 2.70. The van der Waals surface area contributed by atoms with Crippen molar-refractivity contribution >= 4 is 0 Å². The average Bonchev–Trinajstić information content (AvgIpc) is 2.76. The Morgan fingerprint density at radius 1 is 0.786 bits per heavy atom. The first kappa shape index (κ1) is 7.27. The fourth-order valence-electron chi connectivity index (χ4n) is 6.22. The van der Waals surface area contributed by atoms with E-state index in [9.17, 15) is 0 Å². The van der Waals surface area contributed by atoms with E-state index in [-0.39, 0.29) is 0 Å². The minimum atomic E-state index is 0.737. The largest absolute Gasteiger partial charge is 0.377 e. The Hall–Kier alpha value is -0.0400. The molecule has 4 bridgehead atoms. The van der Waals surface area contributed by atoms with E-state index < -0.39 is 0 Å². The van der Waals surface area contributed by atoms with Crippen LogP contribution in [0.15, 0.2) is 0 Å². The van der Waals surface area contributed by atoms with E-state index in [0.29, 0.717) is 0 Å². The Kier molecular flexibility index (Phi) is 1.07. The van der Waals surface area contributed by atoms with Crippen molar-refractivity contribution in [3.63, 3.8) is 0 Å². The van der Waals surface area contributed by atoms with Crippen LogP contribution in [0.5, 0.6) is 0 Å². The molecule has 4 saturated carbocycles. The molecule has 5 fully saturated rings. The molecule has 0 radical (unpaired) electrons. The summed E-state index contributed by atoms with van der Waals surface area (Å²) in [6.45, 7) is 1.12. The summed E-state index contributed by atoms with van der Waals surface area (Å²) in [5, 5.41) is 0. The van der Waals surface area contributed by atoms with Crippen LogP contribution in [0.1, 0.15) is 25.7 Å². The molecule has 14 heavy (non-hydrogen) atoms. The summed E-state index contributed by atoms with van der Waals surface area (Å²) in [5.74, 6) is 7.72. The Morgan fingerprint density at radius 2 is 1.57 bits per heavy atom. The minimum Gasteiger partial charge on any atom is -0.377 e. The summed E-state index contributed by atoms with van der Waals surface area (Å²) in [5.41, 5.74) is 0. The maximum absolute atomic E-state index is 5.80. The molecule has 1 saturated heterocycles. The smallest absolute Gasteiger partial charge is 0.0659 e. The fourth-order valence-corrected chi connectivity index (χ4v) is 6.22. The lowest BCUT2D eigenvalue weighted by Crippen LogP contribution is -2.51. The van der Waals surface area contributed by atoms with E-state index in [1.165, 1.54) is 5.92 Å². The monoisotopic (exact) mass is 190 g/mol. The quantitative estimate of drug-likeness (QED) is 0.533. The second kappa shape index (κ2) is 2.07. The van der Waals surface area contributed by atoms with Crippen LogP contribution in [0.25, 0.3) is 0 Å². The van der Waals surface area contributed by atoms with Crippen LogP contribution in [-0.2, 0) is 4.74 Å². The van der Waals surface area contributed by atoms with Crippen LogP contribution in [-0.4, -0.2) is 12.7 Å².